The highest BCUT2D eigenvalue weighted by molar-refractivity contribution is 5.94. The van der Waals surface area contributed by atoms with Gasteiger partial charge in [0.15, 0.2) is 0 Å². The molecule has 1 aromatic carbocycles. The average molecular weight is 367 g/mol. The van der Waals surface area contributed by atoms with E-state index in [1.165, 1.54) is 18.9 Å². The number of rotatable bonds is 7. The van der Waals surface area contributed by atoms with Gasteiger partial charge in [-0.15, -0.1) is 0 Å². The van der Waals surface area contributed by atoms with Crippen molar-refractivity contribution in [2.45, 2.75) is 31.7 Å². The second kappa shape index (κ2) is 9.16. The van der Waals surface area contributed by atoms with Gasteiger partial charge in [-0.3, -0.25) is 9.59 Å². The summed E-state index contributed by atoms with van der Waals surface area (Å²) in [7, 11) is 1.53. The van der Waals surface area contributed by atoms with Gasteiger partial charge in [-0.2, -0.15) is 0 Å². The molecule has 2 N–H and O–H groups in total. The SMILES string of the molecule is COc1ccc(C(=O)N[C@@H]2CCC[C@@H]2C(=O)NCCc2ccccc2)cn1. The van der Waals surface area contributed by atoms with E-state index in [9.17, 15) is 9.59 Å². The molecule has 6 heteroatoms. The van der Waals surface area contributed by atoms with Crippen molar-refractivity contribution < 1.29 is 14.3 Å². The number of methoxy groups -OCH3 is 1. The van der Waals surface area contributed by atoms with Crippen LogP contribution >= 0.6 is 0 Å². The monoisotopic (exact) mass is 367 g/mol. The molecule has 6 nitrogen and oxygen atoms in total. The Morgan fingerprint density at radius 1 is 1.15 bits per heavy atom. The van der Waals surface area contributed by atoms with Crippen LogP contribution < -0.4 is 15.4 Å². The Morgan fingerprint density at radius 2 is 1.96 bits per heavy atom. The highest BCUT2D eigenvalue weighted by Crippen LogP contribution is 2.26. The van der Waals surface area contributed by atoms with E-state index in [4.69, 9.17) is 4.74 Å². The summed E-state index contributed by atoms with van der Waals surface area (Å²) in [5, 5.41) is 6.00. The van der Waals surface area contributed by atoms with E-state index in [1.54, 1.807) is 12.1 Å². The maximum atomic E-state index is 12.6. The molecular weight excluding hydrogens is 342 g/mol. The molecule has 142 valence electrons. The van der Waals surface area contributed by atoms with Crippen molar-refractivity contribution >= 4 is 11.8 Å². The normalized spacial score (nSPS) is 18.7. The minimum Gasteiger partial charge on any atom is -0.481 e. The Kier molecular flexibility index (Phi) is 6.41. The molecular formula is C21H25N3O3. The maximum absolute atomic E-state index is 12.6. The van der Waals surface area contributed by atoms with E-state index in [1.807, 2.05) is 30.3 Å². The number of hydrogen-bond donors (Lipinski definition) is 2. The standard InChI is InChI=1S/C21H25N3O3/c1-27-19-11-10-16(14-23-19)20(25)24-18-9-5-8-17(18)21(26)22-13-12-15-6-3-2-4-7-15/h2-4,6-7,10-11,14,17-18H,5,8-9,12-13H2,1H3,(H,22,26)(H,24,25)/t17-,18+/m0/s1. The first kappa shape index (κ1) is 18.9. The molecule has 0 saturated heterocycles. The lowest BCUT2D eigenvalue weighted by atomic mass is 10.0. The van der Waals surface area contributed by atoms with Crippen LogP contribution in [0.4, 0.5) is 0 Å². The number of aromatic nitrogens is 1. The van der Waals surface area contributed by atoms with Crippen molar-refractivity contribution in [2.24, 2.45) is 5.92 Å². The summed E-state index contributed by atoms with van der Waals surface area (Å²) in [4.78, 5) is 29.1. The topological polar surface area (TPSA) is 80.3 Å². The van der Waals surface area contributed by atoms with Crippen LogP contribution in [0.25, 0.3) is 0 Å². The Morgan fingerprint density at radius 3 is 2.67 bits per heavy atom. The molecule has 3 rings (SSSR count). The molecule has 0 aliphatic heterocycles. The number of nitrogens with zero attached hydrogens (tertiary/aromatic N) is 1. The van der Waals surface area contributed by atoms with Gasteiger partial charge < -0.3 is 15.4 Å². The highest BCUT2D eigenvalue weighted by Gasteiger charge is 2.34. The number of amides is 2. The molecule has 0 bridgehead atoms. The highest BCUT2D eigenvalue weighted by atomic mass is 16.5. The Balaban J connectivity index is 1.51. The third kappa shape index (κ3) is 5.06. The lowest BCUT2D eigenvalue weighted by molar-refractivity contribution is -0.125. The van der Waals surface area contributed by atoms with Gasteiger partial charge in [0.05, 0.1) is 18.6 Å². The lowest BCUT2D eigenvalue weighted by Crippen LogP contribution is -2.44. The number of ether oxygens (including phenoxy) is 1. The van der Waals surface area contributed by atoms with Crippen LogP contribution in [0, 0.1) is 5.92 Å². The number of benzene rings is 1. The van der Waals surface area contributed by atoms with Gasteiger partial charge in [-0.25, -0.2) is 4.98 Å². The second-order valence-electron chi connectivity index (χ2n) is 6.73. The van der Waals surface area contributed by atoms with Gasteiger partial charge in [0.25, 0.3) is 5.91 Å². The van der Waals surface area contributed by atoms with Crippen LogP contribution in [-0.4, -0.2) is 36.5 Å². The van der Waals surface area contributed by atoms with E-state index in [0.29, 0.717) is 18.0 Å². The summed E-state index contributed by atoms with van der Waals surface area (Å²) in [5.74, 6) is 0.0831. The minimum atomic E-state index is -0.209. The molecule has 0 unspecified atom stereocenters. The van der Waals surface area contributed by atoms with Crippen LogP contribution in [0.1, 0.15) is 35.2 Å². The van der Waals surface area contributed by atoms with Gasteiger partial charge >= 0.3 is 0 Å². The Bertz CT molecular complexity index is 762. The van der Waals surface area contributed by atoms with Gasteiger partial charge in [0, 0.05) is 24.8 Å². The summed E-state index contributed by atoms with van der Waals surface area (Å²) in [6.07, 6.45) is 4.82. The smallest absolute Gasteiger partial charge is 0.253 e. The zero-order chi connectivity index (χ0) is 19.1. The molecule has 1 heterocycles. The first-order valence-electron chi connectivity index (χ1n) is 9.30. The third-order valence-electron chi connectivity index (χ3n) is 4.93. The van der Waals surface area contributed by atoms with E-state index in [-0.39, 0.29) is 23.8 Å². The van der Waals surface area contributed by atoms with E-state index in [2.05, 4.69) is 15.6 Å². The lowest BCUT2D eigenvalue weighted by Gasteiger charge is -2.20. The van der Waals surface area contributed by atoms with Crippen LogP contribution in [0.15, 0.2) is 48.7 Å². The number of pyridine rings is 1. The number of hydrogen-bond acceptors (Lipinski definition) is 4. The third-order valence-corrected chi connectivity index (χ3v) is 4.93. The maximum Gasteiger partial charge on any atom is 0.253 e. The zero-order valence-corrected chi connectivity index (χ0v) is 15.5. The quantitative estimate of drug-likeness (QED) is 0.787. The average Bonchev–Trinajstić information content (AvgIpc) is 3.17. The Labute approximate surface area is 159 Å². The van der Waals surface area contributed by atoms with E-state index < -0.39 is 0 Å². The minimum absolute atomic E-state index is 0.0154. The summed E-state index contributed by atoms with van der Waals surface area (Å²) >= 11 is 0. The summed E-state index contributed by atoms with van der Waals surface area (Å²) < 4.78 is 5.00. The van der Waals surface area contributed by atoms with Crippen LogP contribution in [0.3, 0.4) is 0 Å². The molecule has 2 aromatic rings. The molecule has 27 heavy (non-hydrogen) atoms. The number of carbonyl (C=O) groups is 2. The summed E-state index contributed by atoms with van der Waals surface area (Å²) in [5.41, 5.74) is 1.66. The molecule has 0 spiro atoms. The molecule has 1 aliphatic carbocycles. The summed E-state index contributed by atoms with van der Waals surface area (Å²) in [6, 6.07) is 13.2. The van der Waals surface area contributed by atoms with Crippen molar-refractivity contribution in [1.82, 2.24) is 15.6 Å². The molecule has 2 atom stereocenters. The van der Waals surface area contributed by atoms with Crippen molar-refractivity contribution in [1.29, 1.82) is 0 Å². The fourth-order valence-corrected chi connectivity index (χ4v) is 3.44. The largest absolute Gasteiger partial charge is 0.481 e. The van der Waals surface area contributed by atoms with Gasteiger partial charge in [-0.05, 0) is 30.9 Å². The van der Waals surface area contributed by atoms with Crippen LogP contribution in [0.2, 0.25) is 0 Å². The molecule has 1 aromatic heterocycles. The molecule has 1 saturated carbocycles. The zero-order valence-electron chi connectivity index (χ0n) is 15.5. The van der Waals surface area contributed by atoms with Crippen molar-refractivity contribution in [3.8, 4) is 5.88 Å². The molecule has 1 aliphatic rings. The van der Waals surface area contributed by atoms with Gasteiger partial charge in [0.2, 0.25) is 11.8 Å². The van der Waals surface area contributed by atoms with E-state index in [0.717, 1.165) is 25.7 Å². The predicted octanol–water partition coefficient (Wildman–Crippen LogP) is 2.35. The predicted molar refractivity (Wildman–Crippen MR) is 103 cm³/mol. The summed E-state index contributed by atoms with van der Waals surface area (Å²) in [6.45, 7) is 0.600. The van der Waals surface area contributed by atoms with Crippen LogP contribution in [0.5, 0.6) is 5.88 Å². The molecule has 0 radical (unpaired) electrons. The Hall–Kier alpha value is -2.89. The van der Waals surface area contributed by atoms with E-state index >= 15 is 0 Å². The fourth-order valence-electron chi connectivity index (χ4n) is 3.44. The van der Waals surface area contributed by atoms with Crippen molar-refractivity contribution in [3.63, 3.8) is 0 Å². The molecule has 2 amide bonds. The van der Waals surface area contributed by atoms with Gasteiger partial charge in [0.1, 0.15) is 0 Å². The first-order chi connectivity index (χ1) is 13.2. The first-order valence-corrected chi connectivity index (χ1v) is 9.30. The molecule has 1 fully saturated rings. The van der Waals surface area contributed by atoms with Gasteiger partial charge in [-0.1, -0.05) is 36.8 Å². The van der Waals surface area contributed by atoms with Crippen LogP contribution in [-0.2, 0) is 11.2 Å². The van der Waals surface area contributed by atoms with Crippen molar-refractivity contribution in [3.05, 3.63) is 59.8 Å². The van der Waals surface area contributed by atoms with Crippen molar-refractivity contribution in [2.75, 3.05) is 13.7 Å². The second-order valence-corrected chi connectivity index (χ2v) is 6.73. The number of carbonyl (C=O) groups excluding carboxylic acids is 2. The number of nitrogens with one attached hydrogen (secondary N) is 2. The fraction of sp³-hybridized carbons (Fsp3) is 0.381.